The molecule has 2 N–H and O–H groups in total. The van der Waals surface area contributed by atoms with Gasteiger partial charge in [0.25, 0.3) is 5.91 Å². The van der Waals surface area contributed by atoms with Gasteiger partial charge >= 0.3 is 5.97 Å². The van der Waals surface area contributed by atoms with E-state index in [4.69, 9.17) is 4.42 Å². The number of amides is 1. The Kier molecular flexibility index (Phi) is 5.18. The molecule has 2 aromatic carbocycles. The minimum absolute atomic E-state index is 0.0908. The number of furan rings is 1. The molecule has 0 saturated carbocycles. The molecule has 146 valence electrons. The lowest BCUT2D eigenvalue weighted by atomic mass is 10.0. The van der Waals surface area contributed by atoms with Gasteiger partial charge in [0.05, 0.1) is 29.8 Å². The number of carboxylic acids is 1. The highest BCUT2D eigenvalue weighted by Gasteiger charge is 2.20. The van der Waals surface area contributed by atoms with Crippen LogP contribution in [0.2, 0.25) is 0 Å². The Balaban J connectivity index is 1.70. The van der Waals surface area contributed by atoms with Crippen molar-refractivity contribution in [3.63, 3.8) is 0 Å². The number of rotatable bonds is 6. The molecular weight excluding hydrogens is 438 g/mol. The van der Waals surface area contributed by atoms with Crippen LogP contribution in [0.5, 0.6) is 0 Å². The van der Waals surface area contributed by atoms with Crippen molar-refractivity contribution in [1.82, 2.24) is 9.55 Å². The summed E-state index contributed by atoms with van der Waals surface area (Å²) in [5.74, 6) is -1.11. The van der Waals surface area contributed by atoms with Gasteiger partial charge in [0.15, 0.2) is 10.4 Å². The SMILES string of the molecule is O=C(O)CC(c1ccccc1)n1cnc2ccc(NC(=O)c3ccc(Br)o3)cc21. The largest absolute Gasteiger partial charge is 0.481 e. The predicted molar refractivity (Wildman–Crippen MR) is 111 cm³/mol. The first-order valence-electron chi connectivity index (χ1n) is 8.81. The summed E-state index contributed by atoms with van der Waals surface area (Å²) in [6, 6.07) is 17.5. The Labute approximate surface area is 174 Å². The van der Waals surface area contributed by atoms with Gasteiger partial charge in [0, 0.05) is 5.69 Å². The minimum atomic E-state index is -0.909. The summed E-state index contributed by atoms with van der Waals surface area (Å²) >= 11 is 3.17. The highest BCUT2D eigenvalue weighted by atomic mass is 79.9. The maximum Gasteiger partial charge on any atom is 0.305 e. The maximum atomic E-state index is 12.4. The average Bonchev–Trinajstić information content (AvgIpc) is 3.33. The van der Waals surface area contributed by atoms with Gasteiger partial charge in [-0.05, 0) is 51.8 Å². The van der Waals surface area contributed by atoms with E-state index in [0.29, 0.717) is 15.9 Å². The molecular formula is C21H16BrN3O4. The van der Waals surface area contributed by atoms with Crippen LogP contribution in [0, 0.1) is 0 Å². The summed E-state index contributed by atoms with van der Waals surface area (Å²) in [4.78, 5) is 28.2. The summed E-state index contributed by atoms with van der Waals surface area (Å²) in [5.41, 5.74) is 2.84. The molecule has 2 aromatic heterocycles. The molecule has 29 heavy (non-hydrogen) atoms. The van der Waals surface area contributed by atoms with Crippen molar-refractivity contribution >= 4 is 44.5 Å². The van der Waals surface area contributed by atoms with E-state index in [1.807, 2.05) is 34.9 Å². The number of nitrogens with one attached hydrogen (secondary N) is 1. The van der Waals surface area contributed by atoms with Gasteiger partial charge in [0.2, 0.25) is 0 Å². The van der Waals surface area contributed by atoms with Gasteiger partial charge in [-0.2, -0.15) is 0 Å². The lowest BCUT2D eigenvalue weighted by Crippen LogP contribution is -2.15. The van der Waals surface area contributed by atoms with E-state index in [1.165, 1.54) is 0 Å². The van der Waals surface area contributed by atoms with Crippen LogP contribution >= 0.6 is 15.9 Å². The van der Waals surface area contributed by atoms with Crippen LogP contribution < -0.4 is 5.32 Å². The van der Waals surface area contributed by atoms with Gasteiger partial charge in [-0.25, -0.2) is 4.98 Å². The smallest absolute Gasteiger partial charge is 0.305 e. The molecule has 1 unspecified atom stereocenters. The predicted octanol–water partition coefficient (Wildman–Crippen LogP) is 4.71. The van der Waals surface area contributed by atoms with Crippen LogP contribution in [-0.4, -0.2) is 26.5 Å². The Morgan fingerprint density at radius 3 is 2.62 bits per heavy atom. The average molecular weight is 454 g/mol. The number of aliphatic carboxylic acids is 1. The van der Waals surface area contributed by atoms with Crippen LogP contribution in [-0.2, 0) is 4.79 Å². The number of halogens is 1. The first-order valence-corrected chi connectivity index (χ1v) is 9.60. The van der Waals surface area contributed by atoms with Crippen LogP contribution in [0.3, 0.4) is 0 Å². The number of hydrogen-bond acceptors (Lipinski definition) is 4. The monoisotopic (exact) mass is 453 g/mol. The lowest BCUT2D eigenvalue weighted by molar-refractivity contribution is -0.137. The quantitative estimate of drug-likeness (QED) is 0.440. The number of carbonyl (C=O) groups excluding carboxylic acids is 1. The molecule has 0 aliphatic carbocycles. The second-order valence-electron chi connectivity index (χ2n) is 6.44. The summed E-state index contributed by atoms with van der Waals surface area (Å²) in [7, 11) is 0. The van der Waals surface area contributed by atoms with E-state index in [2.05, 4.69) is 26.2 Å². The number of hydrogen-bond donors (Lipinski definition) is 2. The summed E-state index contributed by atoms with van der Waals surface area (Å²) < 4.78 is 7.56. The van der Waals surface area contributed by atoms with Crippen LogP contribution in [0.15, 0.2) is 76.1 Å². The van der Waals surface area contributed by atoms with Gasteiger partial charge < -0.3 is 19.4 Å². The molecule has 7 nitrogen and oxygen atoms in total. The van der Waals surface area contributed by atoms with Gasteiger partial charge in [-0.3, -0.25) is 9.59 Å². The van der Waals surface area contributed by atoms with Crippen molar-refractivity contribution in [2.45, 2.75) is 12.5 Å². The fourth-order valence-corrected chi connectivity index (χ4v) is 3.51. The number of carboxylic acid groups (broad SMARTS) is 1. The zero-order valence-electron chi connectivity index (χ0n) is 15.1. The maximum absolute atomic E-state index is 12.4. The molecule has 0 saturated heterocycles. The molecule has 0 bridgehead atoms. The number of nitrogens with zero attached hydrogens (tertiary/aromatic N) is 2. The summed E-state index contributed by atoms with van der Waals surface area (Å²) in [6.45, 7) is 0. The van der Waals surface area contributed by atoms with E-state index < -0.39 is 12.0 Å². The zero-order chi connectivity index (χ0) is 20.4. The van der Waals surface area contributed by atoms with Crippen molar-refractivity contribution in [1.29, 1.82) is 0 Å². The fourth-order valence-electron chi connectivity index (χ4n) is 3.20. The third-order valence-electron chi connectivity index (χ3n) is 4.52. The van der Waals surface area contributed by atoms with Crippen LogP contribution in [0.1, 0.15) is 28.6 Å². The van der Waals surface area contributed by atoms with Crippen molar-refractivity contribution in [2.24, 2.45) is 0 Å². The third-order valence-corrected chi connectivity index (χ3v) is 4.94. The van der Waals surface area contributed by atoms with Gasteiger partial charge in [0.1, 0.15) is 0 Å². The fraction of sp³-hybridized carbons (Fsp3) is 0.0952. The van der Waals surface area contributed by atoms with Crippen molar-refractivity contribution in [3.8, 4) is 0 Å². The number of carbonyl (C=O) groups is 2. The first-order chi connectivity index (χ1) is 14.0. The number of aromatic nitrogens is 2. The van der Waals surface area contributed by atoms with Crippen LogP contribution in [0.25, 0.3) is 11.0 Å². The molecule has 0 aliphatic heterocycles. The number of fused-ring (bicyclic) bond motifs is 1. The lowest BCUT2D eigenvalue weighted by Gasteiger charge is -2.18. The minimum Gasteiger partial charge on any atom is -0.481 e. The van der Waals surface area contributed by atoms with Crippen molar-refractivity contribution < 1.29 is 19.1 Å². The Morgan fingerprint density at radius 2 is 1.93 bits per heavy atom. The zero-order valence-corrected chi connectivity index (χ0v) is 16.7. The Bertz CT molecular complexity index is 1180. The molecule has 0 spiro atoms. The normalized spacial score (nSPS) is 12.0. The van der Waals surface area contributed by atoms with E-state index in [0.717, 1.165) is 11.1 Å². The molecule has 1 atom stereocenters. The van der Waals surface area contributed by atoms with E-state index in [9.17, 15) is 14.7 Å². The molecule has 0 fully saturated rings. The Hall–Kier alpha value is -3.39. The highest BCUT2D eigenvalue weighted by molar-refractivity contribution is 9.10. The summed E-state index contributed by atoms with van der Waals surface area (Å²) in [6.07, 6.45) is 1.53. The first kappa shape index (κ1) is 18.9. The molecule has 4 aromatic rings. The van der Waals surface area contributed by atoms with Gasteiger partial charge in [-0.1, -0.05) is 30.3 Å². The standard InChI is InChI=1S/C21H16BrN3O4/c22-19-9-8-18(29-19)21(28)24-14-6-7-15-17(10-14)25(12-23-15)16(11-20(26)27)13-4-2-1-3-5-13/h1-10,12,16H,11H2,(H,24,28)(H,26,27). The molecule has 0 radical (unpaired) electrons. The van der Waals surface area contributed by atoms with E-state index in [1.54, 1.807) is 36.7 Å². The molecule has 1 amide bonds. The molecule has 8 heteroatoms. The molecule has 4 rings (SSSR count). The number of anilines is 1. The summed E-state index contributed by atoms with van der Waals surface area (Å²) in [5, 5.41) is 12.2. The van der Waals surface area contributed by atoms with Crippen molar-refractivity contribution in [3.05, 3.63) is 83.0 Å². The second-order valence-corrected chi connectivity index (χ2v) is 7.22. The topological polar surface area (TPSA) is 97.4 Å². The van der Waals surface area contributed by atoms with Crippen molar-refractivity contribution in [2.75, 3.05) is 5.32 Å². The number of benzene rings is 2. The highest BCUT2D eigenvalue weighted by Crippen LogP contribution is 2.28. The molecule has 2 heterocycles. The van der Waals surface area contributed by atoms with E-state index in [-0.39, 0.29) is 18.1 Å². The van der Waals surface area contributed by atoms with E-state index >= 15 is 0 Å². The van der Waals surface area contributed by atoms with Gasteiger partial charge in [-0.15, -0.1) is 0 Å². The second kappa shape index (κ2) is 7.92. The molecule has 0 aliphatic rings. The van der Waals surface area contributed by atoms with Crippen LogP contribution in [0.4, 0.5) is 5.69 Å². The Morgan fingerprint density at radius 1 is 1.14 bits per heavy atom. The third kappa shape index (κ3) is 4.07. The number of imidazole rings is 1.